The summed E-state index contributed by atoms with van der Waals surface area (Å²) in [5.41, 5.74) is 0. The van der Waals surface area contributed by atoms with Gasteiger partial charge in [-0.25, -0.2) is 0 Å². The fourth-order valence-corrected chi connectivity index (χ4v) is 2.63. The molecule has 2 rings (SSSR count). The Bertz CT molecular complexity index is 430. The molecule has 0 radical (unpaired) electrons. The molecule has 2 heterocycles. The lowest BCUT2D eigenvalue weighted by molar-refractivity contribution is -0.124. The van der Waals surface area contributed by atoms with E-state index in [1.165, 1.54) is 6.42 Å². The second-order valence-electron chi connectivity index (χ2n) is 5.34. The molecule has 0 bridgehead atoms. The number of carbonyl (C=O) groups is 1. The standard InChI is InChI=1S/C13H23N5O/c1-4-10-5-6-14-11(7-10)13(19)16-9(2)12-17-15-8-18(12)3/h8-11,14H,4-7H2,1-3H3,(H,16,19). The number of hydrogen-bond donors (Lipinski definition) is 2. The van der Waals surface area contributed by atoms with Gasteiger partial charge in [0.25, 0.3) is 0 Å². The summed E-state index contributed by atoms with van der Waals surface area (Å²) in [7, 11) is 1.88. The zero-order valence-corrected chi connectivity index (χ0v) is 11.9. The minimum Gasteiger partial charge on any atom is -0.345 e. The summed E-state index contributed by atoms with van der Waals surface area (Å²) in [5, 5.41) is 14.2. The minimum atomic E-state index is -0.121. The van der Waals surface area contributed by atoms with E-state index in [4.69, 9.17) is 0 Å². The van der Waals surface area contributed by atoms with E-state index in [1.54, 1.807) is 6.33 Å². The molecule has 0 saturated carbocycles. The van der Waals surface area contributed by atoms with Crippen molar-refractivity contribution in [2.45, 2.75) is 45.2 Å². The Balaban J connectivity index is 1.92. The number of aromatic nitrogens is 3. The van der Waals surface area contributed by atoms with Crippen molar-refractivity contribution >= 4 is 5.91 Å². The second-order valence-corrected chi connectivity index (χ2v) is 5.34. The average molecular weight is 265 g/mol. The Morgan fingerprint density at radius 1 is 1.68 bits per heavy atom. The van der Waals surface area contributed by atoms with E-state index in [0.29, 0.717) is 5.92 Å². The fraction of sp³-hybridized carbons (Fsp3) is 0.769. The Morgan fingerprint density at radius 3 is 3.11 bits per heavy atom. The monoisotopic (exact) mass is 265 g/mol. The Kier molecular flexibility index (Phi) is 4.52. The Morgan fingerprint density at radius 2 is 2.47 bits per heavy atom. The molecule has 1 amide bonds. The number of piperidine rings is 1. The molecule has 1 aliphatic heterocycles. The zero-order valence-electron chi connectivity index (χ0n) is 11.9. The first kappa shape index (κ1) is 14.0. The highest BCUT2D eigenvalue weighted by molar-refractivity contribution is 5.82. The summed E-state index contributed by atoms with van der Waals surface area (Å²) >= 11 is 0. The molecular formula is C13H23N5O. The van der Waals surface area contributed by atoms with Crippen LogP contribution in [0.1, 0.15) is 45.0 Å². The van der Waals surface area contributed by atoms with Gasteiger partial charge in [-0.2, -0.15) is 0 Å². The highest BCUT2D eigenvalue weighted by Crippen LogP contribution is 2.20. The molecule has 1 aromatic heterocycles. The summed E-state index contributed by atoms with van der Waals surface area (Å²) in [6.45, 7) is 5.05. The van der Waals surface area contributed by atoms with Gasteiger partial charge in [0.2, 0.25) is 5.91 Å². The van der Waals surface area contributed by atoms with Gasteiger partial charge in [-0.1, -0.05) is 13.3 Å². The SMILES string of the molecule is CCC1CCNC(C(=O)NC(C)c2nncn2C)C1. The predicted molar refractivity (Wildman–Crippen MR) is 72.4 cm³/mol. The average Bonchev–Trinajstić information content (AvgIpc) is 2.85. The molecular weight excluding hydrogens is 242 g/mol. The quantitative estimate of drug-likeness (QED) is 0.843. The molecule has 1 aliphatic rings. The van der Waals surface area contributed by atoms with Gasteiger partial charge >= 0.3 is 0 Å². The van der Waals surface area contributed by atoms with E-state index in [9.17, 15) is 4.79 Å². The van der Waals surface area contributed by atoms with Crippen LogP contribution in [0.5, 0.6) is 0 Å². The van der Waals surface area contributed by atoms with Crippen LogP contribution in [0, 0.1) is 5.92 Å². The third-order valence-corrected chi connectivity index (χ3v) is 3.90. The van der Waals surface area contributed by atoms with Crippen molar-refractivity contribution in [2.75, 3.05) is 6.54 Å². The maximum atomic E-state index is 12.2. The number of amides is 1. The molecule has 3 unspecified atom stereocenters. The van der Waals surface area contributed by atoms with Crippen LogP contribution in [0.15, 0.2) is 6.33 Å². The number of aryl methyl sites for hydroxylation is 1. The van der Waals surface area contributed by atoms with Gasteiger partial charge in [-0.3, -0.25) is 4.79 Å². The molecule has 1 saturated heterocycles. The summed E-state index contributed by atoms with van der Waals surface area (Å²) in [6.07, 6.45) is 4.88. The van der Waals surface area contributed by atoms with E-state index < -0.39 is 0 Å². The Hall–Kier alpha value is -1.43. The van der Waals surface area contributed by atoms with Crippen LogP contribution in [0.2, 0.25) is 0 Å². The first-order valence-electron chi connectivity index (χ1n) is 6.99. The van der Waals surface area contributed by atoms with E-state index >= 15 is 0 Å². The van der Waals surface area contributed by atoms with Crippen molar-refractivity contribution in [3.8, 4) is 0 Å². The molecule has 1 fully saturated rings. The van der Waals surface area contributed by atoms with Crippen LogP contribution in [-0.4, -0.2) is 33.3 Å². The van der Waals surface area contributed by atoms with Crippen LogP contribution >= 0.6 is 0 Å². The van der Waals surface area contributed by atoms with Crippen LogP contribution < -0.4 is 10.6 Å². The third kappa shape index (κ3) is 3.32. The normalized spacial score (nSPS) is 25.0. The van der Waals surface area contributed by atoms with E-state index in [-0.39, 0.29) is 18.0 Å². The maximum absolute atomic E-state index is 12.2. The molecule has 2 N–H and O–H groups in total. The fourth-order valence-electron chi connectivity index (χ4n) is 2.63. The number of hydrogen-bond acceptors (Lipinski definition) is 4. The van der Waals surface area contributed by atoms with Crippen LogP contribution in [0.3, 0.4) is 0 Å². The number of nitrogens with zero attached hydrogens (tertiary/aromatic N) is 3. The molecule has 1 aromatic rings. The molecule has 106 valence electrons. The first-order valence-corrected chi connectivity index (χ1v) is 6.99. The van der Waals surface area contributed by atoms with E-state index in [1.807, 2.05) is 18.5 Å². The molecule has 6 nitrogen and oxygen atoms in total. The topological polar surface area (TPSA) is 71.8 Å². The highest BCUT2D eigenvalue weighted by Gasteiger charge is 2.27. The molecule has 0 aromatic carbocycles. The zero-order chi connectivity index (χ0) is 13.8. The summed E-state index contributed by atoms with van der Waals surface area (Å²) in [5.74, 6) is 1.49. The predicted octanol–water partition coefficient (Wildman–Crippen LogP) is 0.770. The summed E-state index contributed by atoms with van der Waals surface area (Å²) in [6, 6.07) is -0.196. The van der Waals surface area contributed by atoms with Crippen molar-refractivity contribution < 1.29 is 4.79 Å². The van der Waals surface area contributed by atoms with E-state index in [0.717, 1.165) is 25.2 Å². The maximum Gasteiger partial charge on any atom is 0.237 e. The molecule has 0 aliphatic carbocycles. The molecule has 3 atom stereocenters. The number of rotatable bonds is 4. The lowest BCUT2D eigenvalue weighted by Crippen LogP contribution is -2.49. The van der Waals surface area contributed by atoms with Crippen molar-refractivity contribution in [1.29, 1.82) is 0 Å². The van der Waals surface area contributed by atoms with Crippen LogP contribution in [0.4, 0.5) is 0 Å². The van der Waals surface area contributed by atoms with Gasteiger partial charge in [0.15, 0.2) is 5.82 Å². The molecule has 0 spiro atoms. The Labute approximate surface area is 114 Å². The lowest BCUT2D eigenvalue weighted by atomic mass is 9.90. The minimum absolute atomic E-state index is 0.0636. The van der Waals surface area contributed by atoms with Gasteiger partial charge in [-0.15, -0.1) is 10.2 Å². The van der Waals surface area contributed by atoms with Crippen LogP contribution in [-0.2, 0) is 11.8 Å². The number of nitrogens with one attached hydrogen (secondary N) is 2. The third-order valence-electron chi connectivity index (χ3n) is 3.90. The molecule has 6 heteroatoms. The largest absolute Gasteiger partial charge is 0.345 e. The van der Waals surface area contributed by atoms with Crippen molar-refractivity contribution in [2.24, 2.45) is 13.0 Å². The number of carbonyl (C=O) groups excluding carboxylic acids is 1. The summed E-state index contributed by atoms with van der Waals surface area (Å²) in [4.78, 5) is 12.2. The van der Waals surface area contributed by atoms with Gasteiger partial charge in [-0.05, 0) is 32.2 Å². The lowest BCUT2D eigenvalue weighted by Gasteiger charge is -2.29. The van der Waals surface area contributed by atoms with Gasteiger partial charge in [0, 0.05) is 7.05 Å². The van der Waals surface area contributed by atoms with E-state index in [2.05, 4.69) is 27.8 Å². The summed E-state index contributed by atoms with van der Waals surface area (Å²) < 4.78 is 1.83. The second kappa shape index (κ2) is 6.14. The van der Waals surface area contributed by atoms with Crippen molar-refractivity contribution in [3.05, 3.63) is 12.2 Å². The first-order chi connectivity index (χ1) is 9.11. The van der Waals surface area contributed by atoms with Gasteiger partial charge < -0.3 is 15.2 Å². The highest BCUT2D eigenvalue weighted by atomic mass is 16.2. The smallest absolute Gasteiger partial charge is 0.237 e. The molecule has 19 heavy (non-hydrogen) atoms. The van der Waals surface area contributed by atoms with Crippen molar-refractivity contribution in [3.63, 3.8) is 0 Å². The van der Waals surface area contributed by atoms with Crippen molar-refractivity contribution in [1.82, 2.24) is 25.4 Å². The van der Waals surface area contributed by atoms with Gasteiger partial charge in [0.1, 0.15) is 6.33 Å². The van der Waals surface area contributed by atoms with Crippen LogP contribution in [0.25, 0.3) is 0 Å². The van der Waals surface area contributed by atoms with Gasteiger partial charge in [0.05, 0.1) is 12.1 Å².